The van der Waals surface area contributed by atoms with Crippen molar-refractivity contribution < 1.29 is 29.3 Å². The van der Waals surface area contributed by atoms with Crippen LogP contribution in [0.2, 0.25) is 0 Å². The molecule has 0 spiro atoms. The van der Waals surface area contributed by atoms with E-state index in [1.807, 2.05) is 0 Å². The lowest BCUT2D eigenvalue weighted by Gasteiger charge is -2.22. The molecule has 7 nitrogen and oxygen atoms in total. The lowest BCUT2D eigenvalue weighted by molar-refractivity contribution is -0.133. The van der Waals surface area contributed by atoms with Gasteiger partial charge in [-0.15, -0.1) is 0 Å². The van der Waals surface area contributed by atoms with E-state index in [1.54, 1.807) is 36.4 Å². The number of anilines is 1. The van der Waals surface area contributed by atoms with Gasteiger partial charge in [0.05, 0.1) is 32.9 Å². The van der Waals surface area contributed by atoms with Crippen molar-refractivity contribution in [3.63, 3.8) is 0 Å². The number of hydrogen-bond donors (Lipinski definition) is 3. The van der Waals surface area contributed by atoms with Gasteiger partial charge in [-0.25, -0.2) is 0 Å². The summed E-state index contributed by atoms with van der Waals surface area (Å²) in [6.07, 6.45) is -0.460. The molecule has 3 N–H and O–H groups in total. The maximum Gasteiger partial charge on any atom is 0.261 e. The Kier molecular flexibility index (Phi) is 4.67. The highest BCUT2D eigenvalue weighted by Gasteiger charge is 2.49. The first kappa shape index (κ1) is 17.9. The van der Waals surface area contributed by atoms with Gasteiger partial charge in [0.25, 0.3) is 5.91 Å². The number of carbonyl (C=O) groups excluding carboxylic acids is 2. The summed E-state index contributed by atoms with van der Waals surface area (Å²) in [5, 5.41) is 23.2. The second-order valence-corrected chi connectivity index (χ2v) is 5.98. The largest absolute Gasteiger partial charge is 0.497 e. The molecule has 0 bridgehead atoms. The van der Waals surface area contributed by atoms with E-state index in [9.17, 15) is 19.8 Å². The molecule has 0 radical (unpaired) electrons. The number of amides is 1. The van der Waals surface area contributed by atoms with Crippen LogP contribution in [-0.2, 0) is 17.0 Å². The van der Waals surface area contributed by atoms with Crippen LogP contribution in [0.1, 0.15) is 27.9 Å². The van der Waals surface area contributed by atoms with Crippen LogP contribution in [0.5, 0.6) is 11.5 Å². The highest BCUT2D eigenvalue weighted by atomic mass is 16.5. The molecule has 3 rings (SSSR count). The SMILES string of the molecule is COc1ccc(C(=O)CC2(O)C(=O)Nc3c(OC)ccc(CO)c32)cc1. The summed E-state index contributed by atoms with van der Waals surface area (Å²) in [6.45, 7) is -0.389. The van der Waals surface area contributed by atoms with Crippen molar-refractivity contribution in [1.29, 1.82) is 0 Å². The van der Waals surface area contributed by atoms with Crippen molar-refractivity contribution in [2.24, 2.45) is 0 Å². The quantitative estimate of drug-likeness (QED) is 0.679. The number of aliphatic hydroxyl groups excluding tert-OH is 1. The molecule has 26 heavy (non-hydrogen) atoms. The van der Waals surface area contributed by atoms with Gasteiger partial charge in [-0.2, -0.15) is 0 Å². The number of Topliss-reactive ketones (excluding diaryl/α,β-unsaturated/α-hetero) is 1. The Morgan fingerprint density at radius 1 is 1.12 bits per heavy atom. The molecule has 0 fully saturated rings. The number of fused-ring (bicyclic) bond motifs is 1. The third-order valence-corrected chi connectivity index (χ3v) is 4.50. The molecule has 1 atom stereocenters. The maximum atomic E-state index is 12.6. The molecule has 136 valence electrons. The van der Waals surface area contributed by atoms with E-state index >= 15 is 0 Å². The number of carbonyl (C=O) groups is 2. The molecule has 1 heterocycles. The highest BCUT2D eigenvalue weighted by Crippen LogP contribution is 2.46. The molecule has 2 aromatic rings. The minimum absolute atomic E-state index is 0.172. The van der Waals surface area contributed by atoms with Gasteiger partial charge >= 0.3 is 0 Å². The van der Waals surface area contributed by atoms with Crippen molar-refractivity contribution in [3.05, 3.63) is 53.1 Å². The molecule has 0 aromatic heterocycles. The normalized spacial score (nSPS) is 18.2. The fourth-order valence-corrected chi connectivity index (χ4v) is 3.14. The van der Waals surface area contributed by atoms with Crippen molar-refractivity contribution >= 4 is 17.4 Å². The third kappa shape index (κ3) is 2.81. The molecule has 7 heteroatoms. The smallest absolute Gasteiger partial charge is 0.261 e. The lowest BCUT2D eigenvalue weighted by Crippen LogP contribution is -2.37. The first-order valence-corrected chi connectivity index (χ1v) is 7.97. The van der Waals surface area contributed by atoms with Crippen LogP contribution >= 0.6 is 0 Å². The first-order valence-electron chi connectivity index (χ1n) is 7.97. The van der Waals surface area contributed by atoms with Crippen LogP contribution in [-0.4, -0.2) is 36.1 Å². The average molecular weight is 357 g/mol. The number of ether oxygens (including phenoxy) is 2. The molecule has 0 saturated heterocycles. The molecule has 1 aliphatic heterocycles. The molecule has 1 unspecified atom stereocenters. The Labute approximate surface area is 150 Å². The Balaban J connectivity index is 2.00. The van der Waals surface area contributed by atoms with E-state index in [1.165, 1.54) is 14.2 Å². The predicted octanol–water partition coefficient (Wildman–Crippen LogP) is 1.61. The Morgan fingerprint density at radius 2 is 1.81 bits per heavy atom. The Morgan fingerprint density at radius 3 is 2.38 bits per heavy atom. The molecular formula is C19H19NO6. The summed E-state index contributed by atoms with van der Waals surface area (Å²) in [4.78, 5) is 25.1. The van der Waals surface area contributed by atoms with Crippen LogP contribution < -0.4 is 14.8 Å². The third-order valence-electron chi connectivity index (χ3n) is 4.50. The number of rotatable bonds is 6. The second kappa shape index (κ2) is 6.78. The monoisotopic (exact) mass is 357 g/mol. The number of methoxy groups -OCH3 is 2. The van der Waals surface area contributed by atoms with Crippen molar-refractivity contribution in [2.45, 2.75) is 18.6 Å². The van der Waals surface area contributed by atoms with Crippen molar-refractivity contribution in [1.82, 2.24) is 0 Å². The fourth-order valence-electron chi connectivity index (χ4n) is 3.14. The summed E-state index contributed by atoms with van der Waals surface area (Å²) in [7, 11) is 2.95. The zero-order chi connectivity index (χ0) is 18.9. The first-order chi connectivity index (χ1) is 12.4. The number of ketones is 1. The zero-order valence-electron chi connectivity index (χ0n) is 14.4. The van der Waals surface area contributed by atoms with E-state index < -0.39 is 23.7 Å². The van der Waals surface area contributed by atoms with Gasteiger partial charge in [-0.05, 0) is 35.9 Å². The number of nitrogens with one attached hydrogen (secondary N) is 1. The van der Waals surface area contributed by atoms with Crippen molar-refractivity contribution in [3.8, 4) is 11.5 Å². The lowest BCUT2D eigenvalue weighted by atomic mass is 9.85. The van der Waals surface area contributed by atoms with E-state index in [0.717, 1.165) is 0 Å². The Hall–Kier alpha value is -2.90. The summed E-state index contributed by atoms with van der Waals surface area (Å²) in [6, 6.07) is 9.53. The summed E-state index contributed by atoms with van der Waals surface area (Å²) in [5.74, 6) is -0.201. The van der Waals surface area contributed by atoms with Gasteiger partial charge < -0.3 is 25.0 Å². The van der Waals surface area contributed by atoms with Crippen LogP contribution in [0, 0.1) is 0 Å². The fraction of sp³-hybridized carbons (Fsp3) is 0.263. The maximum absolute atomic E-state index is 12.6. The standard InChI is InChI=1S/C19H19NO6/c1-25-13-6-3-11(4-7-13)14(22)9-19(24)16-12(10-21)5-8-15(26-2)17(16)20-18(19)23/h3-8,21,24H,9-10H2,1-2H3,(H,20,23). The zero-order valence-corrected chi connectivity index (χ0v) is 14.4. The minimum atomic E-state index is -2.08. The molecular weight excluding hydrogens is 338 g/mol. The van der Waals surface area contributed by atoms with Crippen LogP contribution in [0.25, 0.3) is 0 Å². The predicted molar refractivity (Wildman–Crippen MR) is 93.4 cm³/mol. The Bertz CT molecular complexity index is 861. The van der Waals surface area contributed by atoms with Gasteiger partial charge in [0.2, 0.25) is 0 Å². The number of benzene rings is 2. The molecule has 0 aliphatic carbocycles. The molecule has 1 amide bonds. The van der Waals surface area contributed by atoms with Crippen LogP contribution in [0.15, 0.2) is 36.4 Å². The summed E-state index contributed by atoms with van der Waals surface area (Å²) < 4.78 is 10.3. The van der Waals surface area contributed by atoms with Gasteiger partial charge in [-0.1, -0.05) is 6.07 Å². The van der Waals surface area contributed by atoms with E-state index in [0.29, 0.717) is 22.6 Å². The van der Waals surface area contributed by atoms with E-state index in [-0.39, 0.29) is 17.9 Å². The van der Waals surface area contributed by atoms with Crippen LogP contribution in [0.3, 0.4) is 0 Å². The highest BCUT2D eigenvalue weighted by molar-refractivity contribution is 6.10. The second-order valence-electron chi connectivity index (χ2n) is 5.98. The molecule has 0 saturated carbocycles. The van der Waals surface area contributed by atoms with Crippen LogP contribution in [0.4, 0.5) is 5.69 Å². The summed E-state index contributed by atoms with van der Waals surface area (Å²) >= 11 is 0. The van der Waals surface area contributed by atoms with Gasteiger partial charge in [0, 0.05) is 11.1 Å². The van der Waals surface area contributed by atoms with Gasteiger partial charge in [-0.3, -0.25) is 9.59 Å². The van der Waals surface area contributed by atoms with E-state index in [4.69, 9.17) is 9.47 Å². The molecule has 2 aromatic carbocycles. The number of hydrogen-bond acceptors (Lipinski definition) is 6. The van der Waals surface area contributed by atoms with Gasteiger partial charge in [0.1, 0.15) is 11.5 Å². The van der Waals surface area contributed by atoms with E-state index in [2.05, 4.69) is 5.32 Å². The molecule has 1 aliphatic rings. The topological polar surface area (TPSA) is 105 Å². The minimum Gasteiger partial charge on any atom is -0.497 e. The summed E-state index contributed by atoms with van der Waals surface area (Å²) in [5.41, 5.74) is -0.947. The van der Waals surface area contributed by atoms with Crippen molar-refractivity contribution in [2.75, 3.05) is 19.5 Å². The number of aliphatic hydroxyl groups is 2. The average Bonchev–Trinajstić information content (AvgIpc) is 2.92. The van der Waals surface area contributed by atoms with Gasteiger partial charge in [0.15, 0.2) is 11.4 Å².